The lowest BCUT2D eigenvalue weighted by molar-refractivity contribution is -0.120. The maximum absolute atomic E-state index is 11.5. The van der Waals surface area contributed by atoms with Gasteiger partial charge in [0.2, 0.25) is 0 Å². The van der Waals surface area contributed by atoms with E-state index in [4.69, 9.17) is 0 Å². The van der Waals surface area contributed by atoms with Gasteiger partial charge in [-0.05, 0) is 12.8 Å². The molecule has 0 amide bonds. The van der Waals surface area contributed by atoms with Crippen LogP contribution in [0.1, 0.15) is 84.5 Å². The van der Waals surface area contributed by atoms with E-state index in [0.29, 0.717) is 12.8 Å². The van der Waals surface area contributed by atoms with E-state index in [0.717, 1.165) is 12.8 Å². The second-order valence-corrected chi connectivity index (χ2v) is 5.07. The average Bonchev–Trinajstić information content (AvgIpc) is 2.38. The van der Waals surface area contributed by atoms with E-state index in [-0.39, 0.29) is 5.78 Å². The number of nitrogens with zero attached hydrogens (tertiary/aromatic N) is 1. The van der Waals surface area contributed by atoms with E-state index in [1.54, 1.807) is 0 Å². The van der Waals surface area contributed by atoms with Crippen LogP contribution in [0.25, 0.3) is 0 Å². The Balaban J connectivity index is 3.29. The van der Waals surface area contributed by atoms with Crippen LogP contribution < -0.4 is 0 Å². The molecule has 0 saturated carbocycles. The van der Waals surface area contributed by atoms with Crippen molar-refractivity contribution >= 4 is 5.78 Å². The van der Waals surface area contributed by atoms with E-state index in [1.807, 2.05) is 6.92 Å². The van der Waals surface area contributed by atoms with Gasteiger partial charge in [0.05, 0.1) is 0 Å². The number of hydrogen-bond donors (Lipinski definition) is 0. The number of Topliss-reactive ketones (excluding diaryl/α,β-unsaturated/α-hetero) is 1. The van der Waals surface area contributed by atoms with Crippen LogP contribution in [0.5, 0.6) is 0 Å². The summed E-state index contributed by atoms with van der Waals surface area (Å²) in [5.41, 5.74) is 0. The lowest BCUT2D eigenvalue weighted by Crippen LogP contribution is -2.16. The molecule has 0 spiro atoms. The molecule has 0 aliphatic carbocycles. The van der Waals surface area contributed by atoms with Crippen LogP contribution in [-0.4, -0.2) is 11.8 Å². The van der Waals surface area contributed by atoms with Crippen LogP contribution in [0.15, 0.2) is 5.18 Å². The predicted molar refractivity (Wildman–Crippen MR) is 76.7 cm³/mol. The third kappa shape index (κ3) is 9.32. The van der Waals surface area contributed by atoms with Crippen LogP contribution in [0.3, 0.4) is 0 Å². The average molecular weight is 255 g/mol. The molecule has 3 heteroatoms. The summed E-state index contributed by atoms with van der Waals surface area (Å²) >= 11 is 0. The lowest BCUT2D eigenvalue weighted by Gasteiger charge is -2.05. The Morgan fingerprint density at radius 3 is 1.83 bits per heavy atom. The highest BCUT2D eigenvalue weighted by Gasteiger charge is 2.15. The molecule has 0 aliphatic rings. The molecular weight excluding hydrogens is 226 g/mol. The van der Waals surface area contributed by atoms with Crippen molar-refractivity contribution in [3.63, 3.8) is 0 Å². The van der Waals surface area contributed by atoms with Crippen molar-refractivity contribution in [2.75, 3.05) is 0 Å². The highest BCUT2D eigenvalue weighted by Crippen LogP contribution is 2.12. The third-order valence-corrected chi connectivity index (χ3v) is 3.41. The molecule has 0 aromatic carbocycles. The van der Waals surface area contributed by atoms with Gasteiger partial charge in [-0.2, -0.15) is 4.91 Å². The van der Waals surface area contributed by atoms with Crippen molar-refractivity contribution in [3.05, 3.63) is 4.91 Å². The van der Waals surface area contributed by atoms with Gasteiger partial charge >= 0.3 is 0 Å². The van der Waals surface area contributed by atoms with Crippen LogP contribution in [0.4, 0.5) is 0 Å². The molecule has 0 N–H and O–H groups in total. The van der Waals surface area contributed by atoms with E-state index < -0.39 is 6.04 Å². The van der Waals surface area contributed by atoms with Crippen molar-refractivity contribution in [2.24, 2.45) is 5.18 Å². The van der Waals surface area contributed by atoms with Crippen molar-refractivity contribution in [1.29, 1.82) is 0 Å². The van der Waals surface area contributed by atoms with E-state index in [2.05, 4.69) is 12.1 Å². The molecule has 1 unspecified atom stereocenters. The number of unbranched alkanes of at least 4 members (excludes halogenated alkanes) is 8. The molecule has 0 fully saturated rings. The van der Waals surface area contributed by atoms with E-state index >= 15 is 0 Å². The van der Waals surface area contributed by atoms with Crippen molar-refractivity contribution in [1.82, 2.24) is 0 Å². The molecule has 0 rings (SSSR count). The molecule has 106 valence electrons. The highest BCUT2D eigenvalue weighted by atomic mass is 16.3. The monoisotopic (exact) mass is 255 g/mol. The third-order valence-electron chi connectivity index (χ3n) is 3.41. The van der Waals surface area contributed by atoms with Crippen LogP contribution in [-0.2, 0) is 4.79 Å². The fourth-order valence-electron chi connectivity index (χ4n) is 2.14. The van der Waals surface area contributed by atoms with Gasteiger partial charge in [0.1, 0.15) is 6.04 Å². The largest absolute Gasteiger partial charge is 0.297 e. The van der Waals surface area contributed by atoms with Crippen LogP contribution >= 0.6 is 0 Å². The minimum Gasteiger partial charge on any atom is -0.297 e. The summed E-state index contributed by atoms with van der Waals surface area (Å²) in [5.74, 6) is 0.0236. The highest BCUT2D eigenvalue weighted by molar-refractivity contribution is 5.83. The quantitative estimate of drug-likeness (QED) is 0.342. The zero-order chi connectivity index (χ0) is 13.6. The minimum atomic E-state index is -0.598. The molecular formula is C15H29NO2. The first-order valence-electron chi connectivity index (χ1n) is 7.61. The van der Waals surface area contributed by atoms with Crippen LogP contribution in [0.2, 0.25) is 0 Å². The number of hydrogen-bond acceptors (Lipinski definition) is 3. The summed E-state index contributed by atoms with van der Waals surface area (Å²) in [6.07, 6.45) is 12.3. The van der Waals surface area contributed by atoms with Gasteiger partial charge in [0, 0.05) is 6.42 Å². The maximum atomic E-state index is 11.5. The number of carbonyl (C=O) groups excluding carboxylic acids is 1. The van der Waals surface area contributed by atoms with Crippen LogP contribution in [0, 0.1) is 4.91 Å². The first-order chi connectivity index (χ1) is 8.76. The summed E-state index contributed by atoms with van der Waals surface area (Å²) in [6, 6.07) is -0.598. The Morgan fingerprint density at radius 2 is 1.39 bits per heavy atom. The number of rotatable bonds is 13. The summed E-state index contributed by atoms with van der Waals surface area (Å²) in [6.45, 7) is 4.06. The van der Waals surface area contributed by atoms with E-state index in [1.165, 1.54) is 44.9 Å². The smallest absolute Gasteiger partial charge is 0.160 e. The molecule has 1 atom stereocenters. The molecule has 3 nitrogen and oxygen atoms in total. The Labute approximate surface area is 112 Å². The zero-order valence-corrected chi connectivity index (χ0v) is 12.1. The Hall–Kier alpha value is -0.730. The zero-order valence-electron chi connectivity index (χ0n) is 12.1. The Bertz CT molecular complexity index is 217. The molecule has 0 aromatic heterocycles. The molecule has 0 aliphatic heterocycles. The van der Waals surface area contributed by atoms with Crippen molar-refractivity contribution in [3.8, 4) is 0 Å². The fraction of sp³-hybridized carbons (Fsp3) is 0.933. The fourth-order valence-corrected chi connectivity index (χ4v) is 2.14. The SMILES string of the molecule is CCCCCCCCCCCC(=O)C(CC)N=O. The van der Waals surface area contributed by atoms with Gasteiger partial charge in [0.15, 0.2) is 5.78 Å². The normalized spacial score (nSPS) is 12.3. The summed E-state index contributed by atoms with van der Waals surface area (Å²) in [7, 11) is 0. The molecule has 0 aromatic rings. The molecule has 0 heterocycles. The molecule has 0 bridgehead atoms. The van der Waals surface area contributed by atoms with Crippen molar-refractivity contribution < 1.29 is 4.79 Å². The van der Waals surface area contributed by atoms with E-state index in [9.17, 15) is 9.70 Å². The molecule has 18 heavy (non-hydrogen) atoms. The summed E-state index contributed by atoms with van der Waals surface area (Å²) in [5, 5.41) is 2.86. The number of carbonyl (C=O) groups is 1. The predicted octanol–water partition coefficient (Wildman–Crippen LogP) is 5.02. The first-order valence-corrected chi connectivity index (χ1v) is 7.61. The van der Waals surface area contributed by atoms with Gasteiger partial charge in [-0.15, -0.1) is 0 Å². The summed E-state index contributed by atoms with van der Waals surface area (Å²) < 4.78 is 0. The standard InChI is InChI=1S/C15H29NO2/c1-3-5-6-7-8-9-10-11-12-13-15(17)14(4-2)16-18/h14H,3-13H2,1-2H3. The van der Waals surface area contributed by atoms with Gasteiger partial charge in [-0.3, -0.25) is 4.79 Å². The van der Waals surface area contributed by atoms with Gasteiger partial charge in [0.25, 0.3) is 0 Å². The first kappa shape index (κ1) is 17.3. The summed E-state index contributed by atoms with van der Waals surface area (Å²) in [4.78, 5) is 21.9. The Morgan fingerprint density at radius 1 is 0.889 bits per heavy atom. The topological polar surface area (TPSA) is 46.5 Å². The number of nitroso groups, excluding NO2 is 1. The Kier molecular flexibility index (Phi) is 12.2. The second kappa shape index (κ2) is 12.7. The number of ketones is 1. The molecule has 0 radical (unpaired) electrons. The lowest BCUT2D eigenvalue weighted by atomic mass is 10.0. The van der Waals surface area contributed by atoms with Crippen molar-refractivity contribution in [2.45, 2.75) is 90.5 Å². The van der Waals surface area contributed by atoms with Gasteiger partial charge in [-0.25, -0.2) is 0 Å². The minimum absolute atomic E-state index is 0.0236. The maximum Gasteiger partial charge on any atom is 0.160 e. The van der Waals surface area contributed by atoms with Gasteiger partial charge in [-0.1, -0.05) is 70.4 Å². The second-order valence-electron chi connectivity index (χ2n) is 5.07. The molecule has 0 saturated heterocycles. The van der Waals surface area contributed by atoms with Gasteiger partial charge < -0.3 is 0 Å².